The van der Waals surface area contributed by atoms with Crippen molar-refractivity contribution in [3.8, 4) is 0 Å². The van der Waals surface area contributed by atoms with Gasteiger partial charge in [-0.2, -0.15) is 0 Å². The number of fused-ring (bicyclic) bond motifs is 1. The second-order valence-corrected chi connectivity index (χ2v) is 8.10. The van der Waals surface area contributed by atoms with Crippen LogP contribution in [-0.4, -0.2) is 41.6 Å². The zero-order valence-corrected chi connectivity index (χ0v) is 15.6. The van der Waals surface area contributed by atoms with E-state index >= 15 is 0 Å². The number of nitrogens with one attached hydrogen (secondary N) is 1. The Labute approximate surface area is 153 Å². The molecule has 1 aromatic rings. The molecular formula is C17H24ClN3O2S. The third-order valence-electron chi connectivity index (χ3n) is 4.69. The number of benzene rings is 1. The summed E-state index contributed by atoms with van der Waals surface area (Å²) in [6.45, 7) is 5.54. The number of carbonyl (C=O) groups excluding carboxylic acids is 2. The molecule has 2 heterocycles. The van der Waals surface area contributed by atoms with E-state index in [-0.39, 0.29) is 35.7 Å². The highest BCUT2D eigenvalue weighted by Gasteiger charge is 2.35. The number of hydrogen-bond donors (Lipinski definition) is 2. The summed E-state index contributed by atoms with van der Waals surface area (Å²) in [5.41, 5.74) is 7.44. The molecule has 1 aromatic carbocycles. The summed E-state index contributed by atoms with van der Waals surface area (Å²) >= 11 is 1.64. The van der Waals surface area contributed by atoms with Crippen molar-refractivity contribution < 1.29 is 9.59 Å². The minimum absolute atomic E-state index is 0. The highest BCUT2D eigenvalue weighted by Crippen LogP contribution is 2.33. The van der Waals surface area contributed by atoms with Gasteiger partial charge in [0.25, 0.3) is 5.91 Å². The fourth-order valence-electron chi connectivity index (χ4n) is 3.08. The van der Waals surface area contributed by atoms with E-state index in [1.54, 1.807) is 17.8 Å². The molecule has 0 spiro atoms. The van der Waals surface area contributed by atoms with Gasteiger partial charge in [-0.15, -0.1) is 24.2 Å². The number of hydrogen-bond acceptors (Lipinski definition) is 4. The fourth-order valence-corrected chi connectivity index (χ4v) is 4.02. The third-order valence-corrected chi connectivity index (χ3v) is 5.76. The van der Waals surface area contributed by atoms with E-state index in [0.29, 0.717) is 25.1 Å². The van der Waals surface area contributed by atoms with Crippen molar-refractivity contribution in [2.24, 2.45) is 11.1 Å². The van der Waals surface area contributed by atoms with Crippen LogP contribution in [0.5, 0.6) is 0 Å². The number of halogens is 1. The smallest absolute Gasteiger partial charge is 0.253 e. The first-order valence-electron chi connectivity index (χ1n) is 7.98. The lowest BCUT2D eigenvalue weighted by atomic mass is 9.79. The first-order chi connectivity index (χ1) is 10.9. The molecule has 3 N–H and O–H groups in total. The lowest BCUT2D eigenvalue weighted by Crippen LogP contribution is -2.54. The molecular weight excluding hydrogens is 346 g/mol. The Bertz CT molecular complexity index is 651. The number of rotatable bonds is 1. The van der Waals surface area contributed by atoms with Crippen LogP contribution >= 0.6 is 24.2 Å². The highest BCUT2D eigenvalue weighted by atomic mass is 35.5. The Morgan fingerprint density at radius 2 is 2.17 bits per heavy atom. The van der Waals surface area contributed by atoms with Crippen LogP contribution < -0.4 is 11.1 Å². The van der Waals surface area contributed by atoms with Crippen LogP contribution in [0.15, 0.2) is 23.1 Å². The van der Waals surface area contributed by atoms with Crippen LogP contribution in [0.1, 0.15) is 37.0 Å². The van der Waals surface area contributed by atoms with Crippen LogP contribution in [0.25, 0.3) is 0 Å². The summed E-state index contributed by atoms with van der Waals surface area (Å²) in [7, 11) is 0. The molecule has 2 aliphatic heterocycles. The number of likely N-dealkylation sites (tertiary alicyclic amines) is 1. The molecule has 0 aromatic heterocycles. The van der Waals surface area contributed by atoms with Crippen molar-refractivity contribution in [2.45, 2.75) is 37.6 Å². The van der Waals surface area contributed by atoms with Crippen molar-refractivity contribution in [3.05, 3.63) is 23.8 Å². The van der Waals surface area contributed by atoms with Gasteiger partial charge in [-0.3, -0.25) is 9.59 Å². The minimum Gasteiger partial charge on any atom is -0.338 e. The molecule has 1 atom stereocenters. The minimum atomic E-state index is -0.0797. The predicted molar refractivity (Wildman–Crippen MR) is 99.9 cm³/mol. The fraction of sp³-hybridized carbons (Fsp3) is 0.529. The van der Waals surface area contributed by atoms with Crippen LogP contribution in [0, 0.1) is 5.41 Å². The molecule has 7 heteroatoms. The highest BCUT2D eigenvalue weighted by molar-refractivity contribution is 7.99. The zero-order valence-electron chi connectivity index (χ0n) is 14.0. The van der Waals surface area contributed by atoms with E-state index in [2.05, 4.69) is 19.2 Å². The van der Waals surface area contributed by atoms with Gasteiger partial charge in [0.2, 0.25) is 5.91 Å². The number of anilines is 1. The molecule has 24 heavy (non-hydrogen) atoms. The molecule has 0 radical (unpaired) electrons. The molecule has 0 aliphatic carbocycles. The monoisotopic (exact) mass is 369 g/mol. The van der Waals surface area contributed by atoms with Gasteiger partial charge < -0.3 is 16.0 Å². The maximum Gasteiger partial charge on any atom is 0.253 e. The van der Waals surface area contributed by atoms with E-state index in [1.165, 1.54) is 0 Å². The molecule has 2 amide bonds. The van der Waals surface area contributed by atoms with Crippen LogP contribution in [0.2, 0.25) is 0 Å². The average molecular weight is 370 g/mol. The lowest BCUT2D eigenvalue weighted by Gasteiger charge is -2.42. The molecule has 5 nitrogen and oxygen atoms in total. The van der Waals surface area contributed by atoms with E-state index in [4.69, 9.17) is 5.73 Å². The summed E-state index contributed by atoms with van der Waals surface area (Å²) in [6.07, 6.45) is 1.32. The molecule has 1 fully saturated rings. The number of thioether (sulfide) groups is 1. The lowest BCUT2D eigenvalue weighted by molar-refractivity contribution is -0.115. The largest absolute Gasteiger partial charge is 0.338 e. The Morgan fingerprint density at radius 3 is 2.88 bits per heavy atom. The van der Waals surface area contributed by atoms with E-state index in [0.717, 1.165) is 22.8 Å². The zero-order chi connectivity index (χ0) is 16.6. The summed E-state index contributed by atoms with van der Waals surface area (Å²) in [5.74, 6) is 0.784. The second kappa shape index (κ2) is 7.33. The van der Waals surface area contributed by atoms with Crippen molar-refractivity contribution in [3.63, 3.8) is 0 Å². The van der Waals surface area contributed by atoms with Gasteiger partial charge in [-0.05, 0) is 30.0 Å². The predicted octanol–water partition coefficient (Wildman–Crippen LogP) is 2.74. The van der Waals surface area contributed by atoms with Gasteiger partial charge in [0, 0.05) is 41.8 Å². The Morgan fingerprint density at radius 1 is 1.42 bits per heavy atom. The number of nitrogens with two attached hydrogens (primary N) is 1. The van der Waals surface area contributed by atoms with Crippen LogP contribution in [0.3, 0.4) is 0 Å². The first kappa shape index (κ1) is 19.1. The topological polar surface area (TPSA) is 75.4 Å². The molecule has 0 bridgehead atoms. The maximum atomic E-state index is 12.8. The van der Waals surface area contributed by atoms with Crippen LogP contribution in [-0.2, 0) is 4.79 Å². The Hall–Kier alpha value is -1.24. The van der Waals surface area contributed by atoms with Crippen molar-refractivity contribution in [2.75, 3.05) is 24.2 Å². The number of carbonyl (C=O) groups is 2. The molecule has 1 saturated heterocycles. The standard InChI is InChI=1S/C17H23N3O2S.ClH/c1-17(2)10-20(7-5-14(17)18)16(22)11-3-4-13-12(9-11)19-15(21)6-8-23-13;/h3-4,9,14H,5-8,10,18H2,1-2H3,(H,19,21);1H. The molecule has 1 unspecified atom stereocenters. The summed E-state index contributed by atoms with van der Waals surface area (Å²) < 4.78 is 0. The first-order valence-corrected chi connectivity index (χ1v) is 8.97. The molecule has 3 rings (SSSR count). The quantitative estimate of drug-likeness (QED) is 0.798. The van der Waals surface area contributed by atoms with Gasteiger partial charge in [-0.1, -0.05) is 13.8 Å². The number of nitrogens with zero attached hydrogens (tertiary/aromatic N) is 1. The van der Waals surface area contributed by atoms with E-state index in [1.807, 2.05) is 17.0 Å². The third kappa shape index (κ3) is 3.87. The molecule has 0 saturated carbocycles. The Kier molecular flexibility index (Phi) is 5.83. The Balaban J connectivity index is 0.00000208. The SMILES string of the molecule is CC1(C)CN(C(=O)c2ccc3c(c2)NC(=O)CCS3)CCC1N.Cl. The van der Waals surface area contributed by atoms with Gasteiger partial charge in [-0.25, -0.2) is 0 Å². The van der Waals surface area contributed by atoms with E-state index in [9.17, 15) is 9.59 Å². The summed E-state index contributed by atoms with van der Waals surface area (Å²) in [5, 5.41) is 2.89. The number of amides is 2. The summed E-state index contributed by atoms with van der Waals surface area (Å²) in [6, 6.07) is 5.71. The molecule has 2 aliphatic rings. The van der Waals surface area contributed by atoms with Crippen molar-refractivity contribution in [1.82, 2.24) is 4.90 Å². The average Bonchev–Trinajstić information content (AvgIpc) is 2.69. The van der Waals surface area contributed by atoms with Crippen LogP contribution in [0.4, 0.5) is 5.69 Å². The van der Waals surface area contributed by atoms with Gasteiger partial charge in [0.15, 0.2) is 0 Å². The summed E-state index contributed by atoms with van der Waals surface area (Å²) in [4.78, 5) is 27.4. The van der Waals surface area contributed by atoms with Crippen molar-refractivity contribution in [1.29, 1.82) is 0 Å². The molecule has 132 valence electrons. The van der Waals surface area contributed by atoms with Crippen molar-refractivity contribution >= 4 is 41.7 Å². The van der Waals surface area contributed by atoms with Gasteiger partial charge in [0.05, 0.1) is 5.69 Å². The van der Waals surface area contributed by atoms with Gasteiger partial charge in [0.1, 0.15) is 0 Å². The maximum absolute atomic E-state index is 12.8. The number of piperidine rings is 1. The normalized spacial score (nSPS) is 22.7. The van der Waals surface area contributed by atoms with Gasteiger partial charge >= 0.3 is 0 Å². The van der Waals surface area contributed by atoms with E-state index < -0.39 is 0 Å². The second-order valence-electron chi connectivity index (χ2n) is 6.97.